The molecule has 2 N–H and O–H groups in total. The fourth-order valence-electron chi connectivity index (χ4n) is 2.19. The van der Waals surface area contributed by atoms with Crippen LogP contribution in [0.5, 0.6) is 0 Å². The topological polar surface area (TPSA) is 90.5 Å². The summed E-state index contributed by atoms with van der Waals surface area (Å²) in [7, 11) is 3.99. The summed E-state index contributed by atoms with van der Waals surface area (Å²) in [6.45, 7) is 3.83. The summed E-state index contributed by atoms with van der Waals surface area (Å²) < 4.78 is 19.8. The molecule has 1 atom stereocenters. The number of amides is 2. The van der Waals surface area contributed by atoms with E-state index in [2.05, 4.69) is 20.3 Å². The molecule has 0 saturated carbocycles. The zero-order chi connectivity index (χ0) is 20.0. The fourth-order valence-corrected chi connectivity index (χ4v) is 2.95. The summed E-state index contributed by atoms with van der Waals surface area (Å²) >= 11 is 1.13. The highest BCUT2D eigenvalue weighted by atomic mass is 32.2. The Bertz CT molecular complexity index is 794. The van der Waals surface area contributed by atoms with Crippen LogP contribution in [0.15, 0.2) is 29.4 Å². The molecule has 0 spiro atoms. The molecule has 0 bridgehead atoms. The second-order valence-corrected chi connectivity index (χ2v) is 6.95. The van der Waals surface area contributed by atoms with Gasteiger partial charge in [-0.3, -0.25) is 14.7 Å². The molecule has 8 nitrogen and oxygen atoms in total. The van der Waals surface area contributed by atoms with Crippen molar-refractivity contribution in [1.82, 2.24) is 20.1 Å². The van der Waals surface area contributed by atoms with Crippen molar-refractivity contribution in [3.05, 3.63) is 35.9 Å². The number of imide groups is 1. The van der Waals surface area contributed by atoms with E-state index in [-0.39, 0.29) is 24.2 Å². The Morgan fingerprint density at radius 2 is 1.96 bits per heavy atom. The van der Waals surface area contributed by atoms with Crippen LogP contribution in [-0.2, 0) is 9.53 Å². The van der Waals surface area contributed by atoms with Crippen LogP contribution in [0.1, 0.15) is 25.7 Å². The molecular formula is C17H23FN5O3S+. The molecule has 1 aromatic heterocycles. The molecule has 0 radical (unpaired) electrons. The van der Waals surface area contributed by atoms with Gasteiger partial charge < -0.3 is 9.64 Å². The van der Waals surface area contributed by atoms with Crippen LogP contribution in [0, 0.1) is 5.82 Å². The van der Waals surface area contributed by atoms with Gasteiger partial charge in [-0.05, 0) is 38.1 Å². The van der Waals surface area contributed by atoms with Gasteiger partial charge in [0.2, 0.25) is 5.91 Å². The van der Waals surface area contributed by atoms with E-state index < -0.39 is 12.0 Å². The molecule has 2 aromatic rings. The first-order chi connectivity index (χ1) is 12.8. The average molecular weight is 396 g/mol. The lowest BCUT2D eigenvalue weighted by atomic mass is 10.2. The zero-order valence-corrected chi connectivity index (χ0v) is 16.5. The van der Waals surface area contributed by atoms with E-state index in [1.54, 1.807) is 23.6 Å². The molecule has 10 heteroatoms. The van der Waals surface area contributed by atoms with E-state index in [4.69, 9.17) is 0 Å². The van der Waals surface area contributed by atoms with Crippen molar-refractivity contribution in [1.29, 1.82) is 0 Å². The largest absolute Gasteiger partial charge is 0.450 e. The lowest BCUT2D eigenvalue weighted by molar-refractivity contribution is -0.890. The van der Waals surface area contributed by atoms with Gasteiger partial charge in [0.1, 0.15) is 11.9 Å². The first-order valence-electron chi connectivity index (χ1n) is 8.44. The van der Waals surface area contributed by atoms with Gasteiger partial charge in [0.15, 0.2) is 11.0 Å². The molecule has 0 unspecified atom stereocenters. The SMILES string of the molecule is CCOC(=O)NC(=O)CSc1nnc([C@H](C)[NH+](C)C)n1-c1ccc(F)cc1. The number of nitrogens with zero attached hydrogens (tertiary/aromatic N) is 3. The number of quaternary nitrogens is 1. The van der Waals surface area contributed by atoms with Gasteiger partial charge >= 0.3 is 6.09 Å². The Balaban J connectivity index is 2.24. The summed E-state index contributed by atoms with van der Waals surface area (Å²) in [5.41, 5.74) is 0.692. The van der Waals surface area contributed by atoms with E-state index in [0.717, 1.165) is 16.7 Å². The molecule has 2 amide bonds. The smallest absolute Gasteiger partial charge is 0.413 e. The molecule has 27 heavy (non-hydrogen) atoms. The third-order valence-corrected chi connectivity index (χ3v) is 4.77. The quantitative estimate of drug-likeness (QED) is 0.678. The predicted octanol–water partition coefficient (Wildman–Crippen LogP) is 0.977. The molecule has 1 heterocycles. The van der Waals surface area contributed by atoms with Crippen LogP contribution in [0.3, 0.4) is 0 Å². The number of nitrogens with one attached hydrogen (secondary N) is 2. The highest BCUT2D eigenvalue weighted by molar-refractivity contribution is 7.99. The summed E-state index contributed by atoms with van der Waals surface area (Å²) in [5.74, 6) is -0.195. The van der Waals surface area contributed by atoms with Crippen molar-refractivity contribution >= 4 is 23.8 Å². The molecule has 0 aliphatic rings. The van der Waals surface area contributed by atoms with Gasteiger partial charge in [-0.25, -0.2) is 9.18 Å². The highest BCUT2D eigenvalue weighted by Crippen LogP contribution is 2.24. The van der Waals surface area contributed by atoms with Gasteiger partial charge in [-0.15, -0.1) is 10.2 Å². The second kappa shape index (κ2) is 9.47. The molecule has 0 fully saturated rings. The van der Waals surface area contributed by atoms with Crippen LogP contribution >= 0.6 is 11.8 Å². The van der Waals surface area contributed by atoms with Crippen molar-refractivity contribution in [3.8, 4) is 5.69 Å². The molecule has 0 aliphatic heterocycles. The average Bonchev–Trinajstić information content (AvgIpc) is 3.03. The van der Waals surface area contributed by atoms with Crippen molar-refractivity contribution in [2.75, 3.05) is 26.5 Å². The van der Waals surface area contributed by atoms with Crippen LogP contribution in [0.2, 0.25) is 0 Å². The molecular weight excluding hydrogens is 373 g/mol. The maximum atomic E-state index is 13.3. The number of carbonyl (C=O) groups excluding carboxylic acids is 2. The number of hydrogen-bond acceptors (Lipinski definition) is 6. The monoisotopic (exact) mass is 396 g/mol. The Labute approximate surface area is 161 Å². The number of carbonyl (C=O) groups is 2. The van der Waals surface area contributed by atoms with Crippen LogP contribution in [0.25, 0.3) is 5.69 Å². The third kappa shape index (κ3) is 5.51. The molecule has 0 saturated heterocycles. The van der Waals surface area contributed by atoms with Crippen molar-refractivity contribution in [2.24, 2.45) is 0 Å². The standard InChI is InChI=1S/C17H22FN5O3S/c1-5-26-17(25)19-14(24)10-27-16-21-20-15(11(2)22(3)4)23(16)13-8-6-12(18)7-9-13/h6-9,11H,5,10H2,1-4H3,(H,19,24,25)/p+1/t11-/m0/s1. The number of aromatic nitrogens is 3. The van der Waals surface area contributed by atoms with Gasteiger partial charge in [-0.2, -0.15) is 0 Å². The first kappa shape index (κ1) is 20.8. The minimum absolute atomic E-state index is 0.0188. The minimum Gasteiger partial charge on any atom is -0.450 e. The van der Waals surface area contributed by atoms with Gasteiger partial charge in [0.25, 0.3) is 0 Å². The van der Waals surface area contributed by atoms with E-state index in [0.29, 0.717) is 16.7 Å². The molecule has 2 rings (SSSR count). The number of benzene rings is 1. The van der Waals surface area contributed by atoms with E-state index in [1.165, 1.54) is 12.1 Å². The number of halogens is 1. The van der Waals surface area contributed by atoms with Gasteiger partial charge in [-0.1, -0.05) is 11.8 Å². The molecule has 0 aliphatic carbocycles. The van der Waals surface area contributed by atoms with Crippen molar-refractivity contribution in [2.45, 2.75) is 25.0 Å². The van der Waals surface area contributed by atoms with Crippen LogP contribution in [0.4, 0.5) is 9.18 Å². The van der Waals surface area contributed by atoms with E-state index >= 15 is 0 Å². The normalized spacial score (nSPS) is 12.1. The van der Waals surface area contributed by atoms with E-state index in [9.17, 15) is 14.0 Å². The summed E-state index contributed by atoms with van der Waals surface area (Å²) in [6, 6.07) is 5.98. The van der Waals surface area contributed by atoms with Crippen LogP contribution < -0.4 is 10.2 Å². The first-order valence-corrected chi connectivity index (χ1v) is 9.42. The number of ether oxygens (including phenoxy) is 1. The Hall–Kier alpha value is -2.46. The highest BCUT2D eigenvalue weighted by Gasteiger charge is 2.24. The number of alkyl carbamates (subject to hydrolysis) is 1. The number of thioether (sulfide) groups is 1. The summed E-state index contributed by atoms with van der Waals surface area (Å²) in [6.07, 6.45) is -0.784. The third-order valence-electron chi connectivity index (χ3n) is 3.85. The molecule has 1 aromatic carbocycles. The lowest BCUT2D eigenvalue weighted by Gasteiger charge is -2.18. The maximum absolute atomic E-state index is 13.3. The van der Waals surface area contributed by atoms with Crippen LogP contribution in [-0.4, -0.2) is 53.2 Å². The Morgan fingerprint density at radius 1 is 1.30 bits per heavy atom. The Morgan fingerprint density at radius 3 is 2.56 bits per heavy atom. The van der Waals surface area contributed by atoms with Crippen molar-refractivity contribution < 1.29 is 23.6 Å². The zero-order valence-electron chi connectivity index (χ0n) is 15.7. The summed E-state index contributed by atoms with van der Waals surface area (Å²) in [4.78, 5) is 24.4. The lowest BCUT2D eigenvalue weighted by Crippen LogP contribution is -3.05. The maximum Gasteiger partial charge on any atom is 0.413 e. The number of rotatable bonds is 7. The van der Waals surface area contributed by atoms with Crippen molar-refractivity contribution in [3.63, 3.8) is 0 Å². The fraction of sp³-hybridized carbons (Fsp3) is 0.412. The summed E-state index contributed by atoms with van der Waals surface area (Å²) in [5, 5.41) is 11.0. The predicted molar refractivity (Wildman–Crippen MR) is 98.4 cm³/mol. The van der Waals surface area contributed by atoms with Gasteiger partial charge in [0, 0.05) is 5.69 Å². The molecule has 146 valence electrons. The van der Waals surface area contributed by atoms with Gasteiger partial charge in [0.05, 0.1) is 26.5 Å². The second-order valence-electron chi connectivity index (χ2n) is 6.01. The van der Waals surface area contributed by atoms with E-state index in [1.807, 2.05) is 21.0 Å². The number of hydrogen-bond donors (Lipinski definition) is 2. The Kier molecular flexibility index (Phi) is 7.31. The minimum atomic E-state index is -0.784.